The van der Waals surface area contributed by atoms with Crippen molar-refractivity contribution in [2.24, 2.45) is 0 Å². The molecule has 2 atom stereocenters. The molecule has 0 fully saturated rings. The van der Waals surface area contributed by atoms with Crippen LogP contribution in [0.3, 0.4) is 0 Å². The molecule has 0 aromatic rings. The van der Waals surface area contributed by atoms with E-state index in [0.717, 1.165) is 12.8 Å². The summed E-state index contributed by atoms with van der Waals surface area (Å²) >= 11 is 1.21. The summed E-state index contributed by atoms with van der Waals surface area (Å²) in [6.45, 7) is 5.73. The second kappa shape index (κ2) is 9.66. The number of carboxylic acid groups (broad SMARTS) is 1. The number of hydrogen-bond acceptors (Lipinski definition) is 4. The molecule has 0 aliphatic heterocycles. The highest BCUT2D eigenvalue weighted by molar-refractivity contribution is 8.00. The first kappa shape index (κ1) is 17.8. The van der Waals surface area contributed by atoms with Crippen LogP contribution >= 0.6 is 11.8 Å². The van der Waals surface area contributed by atoms with Crippen LogP contribution in [0, 0.1) is 0 Å². The number of hydrogen-bond donors (Lipinski definition) is 3. The van der Waals surface area contributed by atoms with E-state index in [4.69, 9.17) is 5.11 Å². The summed E-state index contributed by atoms with van der Waals surface area (Å²) in [5, 5.41) is 13.6. The Morgan fingerprint density at radius 2 is 1.89 bits per heavy atom. The zero-order valence-electron chi connectivity index (χ0n) is 11.5. The van der Waals surface area contributed by atoms with Crippen molar-refractivity contribution in [3.05, 3.63) is 0 Å². The summed E-state index contributed by atoms with van der Waals surface area (Å²) < 4.78 is 0. The van der Waals surface area contributed by atoms with E-state index in [1.807, 2.05) is 13.8 Å². The van der Waals surface area contributed by atoms with Gasteiger partial charge in [-0.25, -0.2) is 4.79 Å². The van der Waals surface area contributed by atoms with Gasteiger partial charge < -0.3 is 15.7 Å². The van der Waals surface area contributed by atoms with E-state index in [1.54, 1.807) is 6.92 Å². The lowest BCUT2D eigenvalue weighted by atomic mass is 10.2. The molecule has 2 amide bonds. The van der Waals surface area contributed by atoms with Crippen LogP contribution in [0.5, 0.6) is 0 Å². The molecule has 0 radical (unpaired) electrons. The van der Waals surface area contributed by atoms with Crippen molar-refractivity contribution in [3.8, 4) is 0 Å². The number of carboxylic acids is 1. The molecule has 0 heterocycles. The highest BCUT2D eigenvalue weighted by atomic mass is 32.2. The Morgan fingerprint density at radius 1 is 1.32 bits per heavy atom. The van der Waals surface area contributed by atoms with Crippen LogP contribution in [0.15, 0.2) is 0 Å². The largest absolute Gasteiger partial charge is 0.480 e. The van der Waals surface area contributed by atoms with Crippen LogP contribution < -0.4 is 10.6 Å². The van der Waals surface area contributed by atoms with E-state index in [1.165, 1.54) is 11.8 Å². The molecule has 0 aliphatic carbocycles. The second-order valence-corrected chi connectivity index (χ2v) is 5.55. The van der Waals surface area contributed by atoms with E-state index < -0.39 is 12.0 Å². The fourth-order valence-corrected chi connectivity index (χ4v) is 2.34. The van der Waals surface area contributed by atoms with Gasteiger partial charge in [0, 0.05) is 11.8 Å². The minimum Gasteiger partial charge on any atom is -0.480 e. The van der Waals surface area contributed by atoms with Crippen LogP contribution in [0.2, 0.25) is 0 Å². The average Bonchev–Trinajstić information content (AvgIpc) is 2.39. The lowest BCUT2D eigenvalue weighted by molar-refractivity contribution is -0.139. The monoisotopic (exact) mass is 290 g/mol. The Kier molecular flexibility index (Phi) is 9.03. The third-order valence-electron chi connectivity index (χ3n) is 2.78. The molecule has 0 aliphatic rings. The number of amides is 2. The lowest BCUT2D eigenvalue weighted by Crippen LogP contribution is -2.41. The Morgan fingerprint density at radius 3 is 2.32 bits per heavy atom. The molecule has 0 saturated carbocycles. The van der Waals surface area contributed by atoms with Crippen LogP contribution in [-0.2, 0) is 14.4 Å². The molecule has 3 N–H and O–H groups in total. The fraction of sp³-hybridized carbons (Fsp3) is 0.750. The standard InChI is InChI=1S/C12H22N2O4S/c1-4-9(5-2)14-11(16)8(3)19-6-10(12(17)18)13-7-15/h7-10H,4-6H2,1-3H3,(H,13,15)(H,14,16)(H,17,18). The number of nitrogens with one attached hydrogen (secondary N) is 2. The number of carbonyl (C=O) groups excluding carboxylic acids is 2. The summed E-state index contributed by atoms with van der Waals surface area (Å²) in [7, 11) is 0. The van der Waals surface area contributed by atoms with Gasteiger partial charge >= 0.3 is 5.97 Å². The Balaban J connectivity index is 4.20. The predicted molar refractivity (Wildman–Crippen MR) is 75.1 cm³/mol. The van der Waals surface area contributed by atoms with Crippen LogP contribution in [-0.4, -0.2) is 46.5 Å². The smallest absolute Gasteiger partial charge is 0.327 e. The number of carbonyl (C=O) groups is 3. The second-order valence-electron chi connectivity index (χ2n) is 4.17. The van der Waals surface area contributed by atoms with E-state index in [2.05, 4.69) is 10.6 Å². The van der Waals surface area contributed by atoms with Crippen molar-refractivity contribution < 1.29 is 19.5 Å². The summed E-state index contributed by atoms with van der Waals surface area (Å²) in [5.41, 5.74) is 0. The van der Waals surface area contributed by atoms with Gasteiger partial charge in [-0.1, -0.05) is 13.8 Å². The van der Waals surface area contributed by atoms with Crippen molar-refractivity contribution in [1.29, 1.82) is 0 Å². The normalized spacial score (nSPS) is 13.7. The number of rotatable bonds is 10. The number of aliphatic carboxylic acids is 1. The van der Waals surface area contributed by atoms with Crippen molar-refractivity contribution in [1.82, 2.24) is 10.6 Å². The molecule has 0 aromatic carbocycles. The molecule has 110 valence electrons. The van der Waals surface area contributed by atoms with E-state index in [-0.39, 0.29) is 23.0 Å². The first-order valence-electron chi connectivity index (χ1n) is 6.30. The quantitative estimate of drug-likeness (QED) is 0.512. The zero-order chi connectivity index (χ0) is 14.8. The molecule has 0 spiro atoms. The molecule has 0 bridgehead atoms. The van der Waals surface area contributed by atoms with Gasteiger partial charge in [-0.2, -0.15) is 0 Å². The van der Waals surface area contributed by atoms with Gasteiger partial charge in [0.2, 0.25) is 12.3 Å². The van der Waals surface area contributed by atoms with E-state index in [9.17, 15) is 14.4 Å². The van der Waals surface area contributed by atoms with Crippen molar-refractivity contribution in [2.75, 3.05) is 5.75 Å². The third kappa shape index (κ3) is 7.05. The van der Waals surface area contributed by atoms with Gasteiger partial charge in [0.05, 0.1) is 5.25 Å². The molecule has 0 aromatic heterocycles. The van der Waals surface area contributed by atoms with Crippen LogP contribution in [0.4, 0.5) is 0 Å². The lowest BCUT2D eigenvalue weighted by Gasteiger charge is -2.19. The first-order valence-corrected chi connectivity index (χ1v) is 7.35. The average molecular weight is 290 g/mol. The summed E-state index contributed by atoms with van der Waals surface area (Å²) in [4.78, 5) is 32.9. The highest BCUT2D eigenvalue weighted by Gasteiger charge is 2.21. The van der Waals surface area contributed by atoms with Crippen LogP contribution in [0.25, 0.3) is 0 Å². The maximum absolute atomic E-state index is 11.8. The SMILES string of the molecule is CCC(CC)NC(=O)C(C)SCC(NC=O)C(=O)O. The summed E-state index contributed by atoms with van der Waals surface area (Å²) in [6.07, 6.45) is 2.09. The third-order valence-corrected chi connectivity index (χ3v) is 4.02. The van der Waals surface area contributed by atoms with Gasteiger partial charge in [0.25, 0.3) is 0 Å². The van der Waals surface area contributed by atoms with Crippen molar-refractivity contribution in [3.63, 3.8) is 0 Å². The van der Waals surface area contributed by atoms with Gasteiger partial charge in [-0.15, -0.1) is 11.8 Å². The predicted octanol–water partition coefficient (Wildman–Crippen LogP) is 0.612. The van der Waals surface area contributed by atoms with Crippen LogP contribution in [0.1, 0.15) is 33.6 Å². The molecule has 7 heteroatoms. The minimum atomic E-state index is -1.10. The Labute approximate surface area is 117 Å². The van der Waals surface area contributed by atoms with Gasteiger partial charge in [-0.05, 0) is 19.8 Å². The molecule has 0 saturated heterocycles. The molecule has 2 unspecified atom stereocenters. The minimum absolute atomic E-state index is 0.103. The fourth-order valence-electron chi connectivity index (χ4n) is 1.40. The van der Waals surface area contributed by atoms with Crippen molar-refractivity contribution in [2.45, 2.75) is 50.9 Å². The molecular formula is C12H22N2O4S. The number of thioether (sulfide) groups is 1. The first-order chi connectivity index (χ1) is 8.96. The Hall–Kier alpha value is -1.24. The molecule has 19 heavy (non-hydrogen) atoms. The molecule has 6 nitrogen and oxygen atoms in total. The maximum atomic E-state index is 11.8. The van der Waals surface area contributed by atoms with Crippen molar-refractivity contribution >= 4 is 30.0 Å². The highest BCUT2D eigenvalue weighted by Crippen LogP contribution is 2.13. The zero-order valence-corrected chi connectivity index (χ0v) is 12.3. The van der Waals surface area contributed by atoms with Gasteiger partial charge in [0.15, 0.2) is 0 Å². The maximum Gasteiger partial charge on any atom is 0.327 e. The topological polar surface area (TPSA) is 95.5 Å². The van der Waals surface area contributed by atoms with E-state index >= 15 is 0 Å². The summed E-state index contributed by atoms with van der Waals surface area (Å²) in [6, 6.07) is -0.815. The molecular weight excluding hydrogens is 268 g/mol. The van der Waals surface area contributed by atoms with Gasteiger partial charge in [0.1, 0.15) is 6.04 Å². The van der Waals surface area contributed by atoms with E-state index in [0.29, 0.717) is 6.41 Å². The Bertz CT molecular complexity index is 308. The summed E-state index contributed by atoms with van der Waals surface area (Å²) in [5.74, 6) is -1.05. The molecule has 0 rings (SSSR count). The van der Waals surface area contributed by atoms with Gasteiger partial charge in [-0.3, -0.25) is 9.59 Å².